The number of ether oxygens (including phenoxy) is 8. The van der Waals surface area contributed by atoms with Gasteiger partial charge in [0.05, 0.1) is 91.0 Å². The minimum atomic E-state index is 0.138. The highest BCUT2D eigenvalue weighted by atomic mass is 32.1. The predicted molar refractivity (Wildman–Crippen MR) is 466 cm³/mol. The Balaban J connectivity index is 0.869. The molecule has 0 bridgehead atoms. The van der Waals surface area contributed by atoms with E-state index >= 15 is 0 Å². The van der Waals surface area contributed by atoms with Crippen molar-refractivity contribution in [3.05, 3.63) is 142 Å². The Kier molecular flexibility index (Phi) is 33.5. The molecule has 10 nitrogen and oxygen atoms in total. The highest BCUT2D eigenvalue weighted by molar-refractivity contribution is 7.30. The van der Waals surface area contributed by atoms with Crippen LogP contribution in [0.5, 0.6) is 0 Å². The molecule has 107 heavy (non-hydrogen) atoms. The van der Waals surface area contributed by atoms with Crippen LogP contribution in [0.25, 0.3) is 101 Å². The van der Waals surface area contributed by atoms with E-state index in [1.165, 1.54) is 123 Å². The first kappa shape index (κ1) is 83.5. The van der Waals surface area contributed by atoms with Crippen molar-refractivity contribution >= 4 is 113 Å². The maximum Gasteiger partial charge on any atom is 0.114 e. The van der Waals surface area contributed by atoms with Crippen molar-refractivity contribution in [2.24, 2.45) is 0 Å². The quantitative estimate of drug-likeness (QED) is 0.0343. The van der Waals surface area contributed by atoms with Crippen LogP contribution in [-0.2, 0) is 74.4 Å². The molecule has 0 aliphatic rings. The Labute approximate surface area is 674 Å². The van der Waals surface area contributed by atoms with Crippen LogP contribution in [-0.4, -0.2) is 114 Å². The summed E-state index contributed by atoms with van der Waals surface area (Å²) in [6.07, 6.45) is 16.5. The van der Waals surface area contributed by atoms with E-state index in [1.807, 2.05) is 90.7 Å². The van der Waals surface area contributed by atoms with Gasteiger partial charge in [0, 0.05) is 121 Å². The molecule has 0 unspecified atom stereocenters. The van der Waals surface area contributed by atoms with Gasteiger partial charge in [-0.1, -0.05) is 125 Å². The van der Waals surface area contributed by atoms with Crippen LogP contribution < -0.4 is 0 Å². The molecular weight excluding hydrogens is 1500 g/mol. The highest BCUT2D eigenvalue weighted by Crippen LogP contribution is 2.52. The van der Waals surface area contributed by atoms with E-state index in [9.17, 15) is 0 Å². The second kappa shape index (κ2) is 43.0. The molecule has 19 heteroatoms. The van der Waals surface area contributed by atoms with Gasteiger partial charge in [-0.3, -0.25) is 0 Å². The second-order valence-electron chi connectivity index (χ2n) is 28.1. The lowest BCUT2D eigenvalue weighted by atomic mass is 9.77. The number of thiophene rings is 8. The number of nitrogens with zero attached hydrogens (tertiary/aromatic N) is 2. The monoisotopic (exact) mass is 1610 g/mol. The van der Waals surface area contributed by atoms with Gasteiger partial charge in [-0.25, -0.2) is 0 Å². The van der Waals surface area contributed by atoms with Gasteiger partial charge in [0.2, 0.25) is 0 Å². The Morgan fingerprint density at radius 2 is 0.607 bits per heavy atom. The number of hydrogen-bond donors (Lipinski definition) is 0. The lowest BCUT2D eigenvalue weighted by Gasteiger charge is -2.27. The summed E-state index contributed by atoms with van der Waals surface area (Å²) < 4.78 is 58.7. The number of aromatic nitrogens is 2. The molecule has 0 amide bonds. The minimum Gasteiger partial charge on any atom is -0.379 e. The molecule has 0 saturated carbocycles. The third kappa shape index (κ3) is 22.3. The van der Waals surface area contributed by atoms with Gasteiger partial charge in [-0.2, -0.15) is 8.75 Å². The summed E-state index contributed by atoms with van der Waals surface area (Å²) in [6.45, 7) is 33.4. The van der Waals surface area contributed by atoms with Crippen molar-refractivity contribution in [3.8, 4) is 89.8 Å². The first-order chi connectivity index (χ1) is 52.4. The van der Waals surface area contributed by atoms with Gasteiger partial charge < -0.3 is 37.9 Å². The third-order valence-corrected chi connectivity index (χ3v) is 31.8. The number of benzene rings is 2. The fourth-order valence-corrected chi connectivity index (χ4v) is 23.5. The highest BCUT2D eigenvalue weighted by Gasteiger charge is 2.29. The Bertz CT molecular complexity index is 4430. The number of fused-ring (bicyclic) bond motifs is 1. The second-order valence-corrected chi connectivity index (χ2v) is 37.1. The molecule has 0 N–H and O–H groups in total. The normalized spacial score (nSPS) is 12.2. The van der Waals surface area contributed by atoms with Crippen molar-refractivity contribution in [3.63, 3.8) is 0 Å². The van der Waals surface area contributed by atoms with Gasteiger partial charge in [0.1, 0.15) is 11.0 Å². The van der Waals surface area contributed by atoms with Gasteiger partial charge in [-0.05, 0) is 195 Å². The molecule has 0 atom stereocenters. The molecule has 0 radical (unpaired) electrons. The van der Waals surface area contributed by atoms with E-state index in [-0.39, 0.29) is 10.8 Å². The van der Waals surface area contributed by atoms with E-state index < -0.39 is 0 Å². The van der Waals surface area contributed by atoms with Crippen LogP contribution in [0.4, 0.5) is 0 Å². The molecular formula is C88H112N2O8S9. The van der Waals surface area contributed by atoms with Gasteiger partial charge in [0.15, 0.2) is 0 Å². The summed E-state index contributed by atoms with van der Waals surface area (Å²) in [7, 11) is 0. The maximum absolute atomic E-state index is 6.31. The van der Waals surface area contributed by atoms with Crippen molar-refractivity contribution in [1.82, 2.24) is 8.75 Å². The molecule has 2 aromatic carbocycles. The minimum absolute atomic E-state index is 0.138. The Morgan fingerprint density at radius 3 is 0.963 bits per heavy atom. The average Bonchev–Trinajstić information content (AvgIpc) is 1.72. The molecule has 9 heterocycles. The Hall–Kier alpha value is -4.46. The lowest BCUT2D eigenvalue weighted by Crippen LogP contribution is -2.19. The van der Waals surface area contributed by atoms with Crippen molar-refractivity contribution < 1.29 is 37.9 Å². The summed E-state index contributed by atoms with van der Waals surface area (Å²) in [5, 5.41) is 0. The molecule has 0 aliphatic carbocycles. The van der Waals surface area contributed by atoms with Crippen LogP contribution in [0.15, 0.2) is 109 Å². The largest absolute Gasteiger partial charge is 0.379 e. The van der Waals surface area contributed by atoms with E-state index in [0.29, 0.717) is 79.3 Å². The summed E-state index contributed by atoms with van der Waals surface area (Å²) >= 11 is 16.5. The molecule has 11 aromatic rings. The fraction of sp³-hybridized carbons (Fsp3) is 0.500. The number of unbranched alkanes of at least 4 members (excludes halogenated alkanes) is 4. The van der Waals surface area contributed by atoms with E-state index in [1.54, 1.807) is 0 Å². The van der Waals surface area contributed by atoms with Crippen molar-refractivity contribution in [2.75, 3.05) is 106 Å². The van der Waals surface area contributed by atoms with Crippen LogP contribution in [0.1, 0.15) is 179 Å². The smallest absolute Gasteiger partial charge is 0.114 e. The first-order valence-corrected chi connectivity index (χ1v) is 46.6. The standard InChI is InChI=1S/C88H112N2O8S9/c1-11-19-40-91-48-52-95-44-36-62-57-77(61-24-23-25-66(56-61)87(9,15-5)16-6)103-83(62)73-32-28-69(99-73)70-29-33-74(100-70)84-63(37-45-96-53-49-92-41-20-12-2)58-78(104-84)67-26-27-68(82-81(67)89-107-90-82)79-59-64(38-46-97-54-50-93-42-21-13-3)85(105-79)75-34-30-71(101-75)72-31-35-76(102-72)86-65(39-47-98-55-51-94-43-22-14-4)60-80(106-86)88(10,17-7)18-8/h23-35,56-60H,11-22,36-55H2,1-10H3. The molecule has 9 aromatic heterocycles. The molecule has 0 saturated heterocycles. The summed E-state index contributed by atoms with van der Waals surface area (Å²) in [4.78, 5) is 20.6. The summed E-state index contributed by atoms with van der Waals surface area (Å²) in [6, 6.07) is 42.3. The molecule has 11 rings (SSSR count). The molecule has 0 fully saturated rings. The average molecular weight is 1610 g/mol. The predicted octanol–water partition coefficient (Wildman–Crippen LogP) is 26.8. The van der Waals surface area contributed by atoms with Crippen molar-refractivity contribution in [1.29, 1.82) is 0 Å². The van der Waals surface area contributed by atoms with Crippen LogP contribution >= 0.6 is 102 Å². The Morgan fingerprint density at radius 1 is 0.290 bits per heavy atom. The zero-order valence-electron chi connectivity index (χ0n) is 64.9. The fourth-order valence-electron chi connectivity index (χ4n) is 12.9. The zero-order valence-corrected chi connectivity index (χ0v) is 72.2. The van der Waals surface area contributed by atoms with Crippen LogP contribution in [0.3, 0.4) is 0 Å². The van der Waals surface area contributed by atoms with E-state index in [4.69, 9.17) is 46.6 Å². The van der Waals surface area contributed by atoms with Gasteiger partial charge in [0.25, 0.3) is 0 Å². The van der Waals surface area contributed by atoms with Gasteiger partial charge >= 0.3 is 0 Å². The molecule has 576 valence electrons. The first-order valence-electron chi connectivity index (χ1n) is 39.4. The topological polar surface area (TPSA) is 99.6 Å². The summed E-state index contributed by atoms with van der Waals surface area (Å²) in [5.41, 5.74) is 12.3. The number of rotatable bonds is 51. The van der Waals surface area contributed by atoms with Crippen LogP contribution in [0.2, 0.25) is 0 Å². The van der Waals surface area contributed by atoms with Crippen molar-refractivity contribution in [2.45, 2.75) is 183 Å². The number of hydrogen-bond acceptors (Lipinski definition) is 19. The SMILES string of the molecule is CCCCOCCOCCc1cc(-c2cccc(C(C)(CC)CC)c2)sc1-c1ccc(-c2ccc(-c3sc(-c4ccc(-c5cc(CCOCCOCCCC)c(-c6ccc(-c7ccc(-c8sc(C(C)(CC)CC)cc8CCOCCOCCCC)s7)s6)s5)c5nsnc45)cc3CCOCCOCCCC)s2)s1. The van der Waals surface area contributed by atoms with Crippen LogP contribution in [0, 0.1) is 0 Å². The van der Waals surface area contributed by atoms with E-state index in [2.05, 4.69) is 178 Å². The summed E-state index contributed by atoms with van der Waals surface area (Å²) in [5.74, 6) is 0. The third-order valence-electron chi connectivity index (χ3n) is 20.7. The van der Waals surface area contributed by atoms with Gasteiger partial charge in [-0.15, -0.1) is 90.7 Å². The zero-order chi connectivity index (χ0) is 74.8. The molecule has 0 spiro atoms. The molecule has 0 aliphatic heterocycles. The maximum atomic E-state index is 6.31. The lowest BCUT2D eigenvalue weighted by molar-refractivity contribution is 0.0479. The van der Waals surface area contributed by atoms with E-state index in [0.717, 1.165) is 151 Å².